The van der Waals surface area contributed by atoms with Crippen molar-refractivity contribution in [1.82, 2.24) is 9.88 Å². The monoisotopic (exact) mass is 766 g/mol. The number of esters is 2. The third kappa shape index (κ3) is 7.62. The number of fused-ring (bicyclic) bond motifs is 6. The number of carbonyl (C=O) groups is 3. The number of piperidine rings is 1. The van der Waals surface area contributed by atoms with Crippen molar-refractivity contribution in [3.05, 3.63) is 82.5 Å². The molecule has 5 atom stereocenters. The Hall–Kier alpha value is -5.44. The van der Waals surface area contributed by atoms with Gasteiger partial charge >= 0.3 is 24.3 Å². The van der Waals surface area contributed by atoms with Crippen LogP contribution in [-0.2, 0) is 38.2 Å². The number of hydrogen-bond donors (Lipinski definition) is 1. The number of aromatic amines is 1. The molecule has 1 saturated carbocycles. The van der Waals surface area contributed by atoms with Gasteiger partial charge in [-0.1, -0.05) is 12.1 Å². The smallest absolute Gasteiger partial charge is 0.497 e. The molecule has 3 unspecified atom stereocenters. The predicted molar refractivity (Wildman–Crippen MR) is 190 cm³/mol. The van der Waals surface area contributed by atoms with E-state index >= 15 is 0 Å². The van der Waals surface area contributed by atoms with Crippen molar-refractivity contribution in [2.45, 2.75) is 50.6 Å². The van der Waals surface area contributed by atoms with Crippen LogP contribution in [0, 0.1) is 17.8 Å². The average molecular weight is 767 g/mol. The second-order valence-corrected chi connectivity index (χ2v) is 14.0. The second kappa shape index (κ2) is 15.4. The van der Waals surface area contributed by atoms with E-state index in [-0.39, 0.29) is 53.3 Å². The average Bonchev–Trinajstić information content (AvgIpc) is 3.56. The lowest BCUT2D eigenvalue weighted by Crippen LogP contribution is -2.52. The molecule has 7 rings (SSSR count). The zero-order valence-electron chi connectivity index (χ0n) is 30.7. The molecule has 2 fully saturated rings. The second-order valence-electron chi connectivity index (χ2n) is 14.0. The number of nitrogens with one attached hydrogen (secondary N) is 1. The molecule has 1 saturated heterocycles. The largest absolute Gasteiger partial charge is 0.514 e. The third-order valence-corrected chi connectivity index (χ3v) is 11.0. The number of hydrogen-bond acceptors (Lipinski definition) is 11. The normalized spacial score (nSPS) is 22.1. The molecule has 3 aliphatic rings. The summed E-state index contributed by atoms with van der Waals surface area (Å²) >= 11 is 0. The predicted octanol–water partition coefficient (Wildman–Crippen LogP) is 7.27. The van der Waals surface area contributed by atoms with E-state index in [4.69, 9.17) is 33.2 Å². The van der Waals surface area contributed by atoms with Crippen LogP contribution >= 0.6 is 0 Å². The molecular formula is C40H41F3N2O10. The van der Waals surface area contributed by atoms with Crippen LogP contribution in [0.15, 0.2) is 54.6 Å². The Morgan fingerprint density at radius 2 is 1.62 bits per heavy atom. The number of H-pyrrole nitrogens is 1. The first kappa shape index (κ1) is 37.9. The van der Waals surface area contributed by atoms with Gasteiger partial charge in [-0.3, -0.25) is 9.69 Å². The molecule has 1 N–H and O–H groups in total. The first-order valence-corrected chi connectivity index (χ1v) is 17.9. The summed E-state index contributed by atoms with van der Waals surface area (Å²) in [5.41, 5.74) is 3.02. The summed E-state index contributed by atoms with van der Waals surface area (Å²) in [7, 11) is 5.63. The summed E-state index contributed by atoms with van der Waals surface area (Å²) in [5, 5.41) is 1.18. The number of halogens is 3. The van der Waals surface area contributed by atoms with Crippen molar-refractivity contribution >= 4 is 29.0 Å². The minimum absolute atomic E-state index is 0.0196. The highest BCUT2D eigenvalue weighted by molar-refractivity contribution is 5.91. The van der Waals surface area contributed by atoms with Gasteiger partial charge in [-0.05, 0) is 85.0 Å². The molecule has 0 radical (unpaired) electrons. The Kier molecular flexibility index (Phi) is 10.6. The Balaban J connectivity index is 1.03. The van der Waals surface area contributed by atoms with Crippen molar-refractivity contribution in [3.63, 3.8) is 0 Å². The van der Waals surface area contributed by atoms with Gasteiger partial charge in [0.25, 0.3) is 0 Å². The van der Waals surface area contributed by atoms with Crippen molar-refractivity contribution in [2.24, 2.45) is 17.8 Å². The number of ether oxygens (including phenoxy) is 7. The van der Waals surface area contributed by atoms with Crippen LogP contribution in [0.4, 0.5) is 18.0 Å². The van der Waals surface area contributed by atoms with Gasteiger partial charge in [-0.25, -0.2) is 9.59 Å². The summed E-state index contributed by atoms with van der Waals surface area (Å²) in [6.07, 6.45) is -3.76. The molecule has 292 valence electrons. The highest BCUT2D eigenvalue weighted by atomic mass is 19.4. The molecule has 4 aromatic rings. The van der Waals surface area contributed by atoms with Gasteiger partial charge in [-0.15, -0.1) is 0 Å². The fourth-order valence-electron chi connectivity index (χ4n) is 8.42. The van der Waals surface area contributed by atoms with Crippen molar-refractivity contribution in [1.29, 1.82) is 0 Å². The fraction of sp³-hybridized carbons (Fsp3) is 0.425. The summed E-state index contributed by atoms with van der Waals surface area (Å²) in [6, 6.07) is 13.0. The summed E-state index contributed by atoms with van der Waals surface area (Å²) < 4.78 is 76.7. The van der Waals surface area contributed by atoms with Crippen LogP contribution in [0.5, 0.6) is 23.0 Å². The van der Waals surface area contributed by atoms with Crippen LogP contribution in [0.25, 0.3) is 10.9 Å². The maximum Gasteiger partial charge on any atom is 0.514 e. The molecule has 0 bridgehead atoms. The lowest BCUT2D eigenvalue weighted by molar-refractivity contribution is -0.155. The molecule has 3 heterocycles. The third-order valence-electron chi connectivity index (χ3n) is 11.0. The van der Waals surface area contributed by atoms with Crippen molar-refractivity contribution in [2.75, 3.05) is 41.5 Å². The molecule has 2 aliphatic heterocycles. The molecule has 0 amide bonds. The molecular weight excluding hydrogens is 725 g/mol. The standard InChI is InChI=1S/C40H41F3N2O10/c1-49-25-9-10-27-28-11-12-45-19-23-13-26(16-30(38(47)52-4)29(23)18-32(45)35(28)44-31(27)17-25)54-37(46)22-14-33(50-2)36(34(15-22)51-3)55-39(48)53-20-21-5-7-24(8-6-21)40(41,42)43/h5-10,14-15,17,23,26,29-30,32,44H,11-13,16,18-20H2,1-4H3/t23-,26?,29+,30?,32?/m1/s1. The molecule has 55 heavy (non-hydrogen) atoms. The molecule has 12 nitrogen and oxygen atoms in total. The van der Waals surface area contributed by atoms with E-state index in [0.29, 0.717) is 18.4 Å². The van der Waals surface area contributed by atoms with Crippen molar-refractivity contribution < 1.29 is 60.7 Å². The molecule has 3 aromatic carbocycles. The first-order chi connectivity index (χ1) is 26.4. The zero-order chi connectivity index (χ0) is 39.0. The Morgan fingerprint density at radius 1 is 0.891 bits per heavy atom. The molecule has 1 aromatic heterocycles. The van der Waals surface area contributed by atoms with Gasteiger partial charge in [0.15, 0.2) is 11.5 Å². The maximum absolute atomic E-state index is 13.7. The summed E-state index contributed by atoms with van der Waals surface area (Å²) in [6.45, 7) is 1.24. The highest BCUT2D eigenvalue weighted by Gasteiger charge is 2.49. The lowest BCUT2D eigenvalue weighted by Gasteiger charge is -2.51. The van der Waals surface area contributed by atoms with Gasteiger partial charge < -0.3 is 38.1 Å². The van der Waals surface area contributed by atoms with E-state index in [0.717, 1.165) is 49.3 Å². The first-order valence-electron chi connectivity index (χ1n) is 17.9. The Labute approximate surface area is 314 Å². The van der Waals surface area contributed by atoms with Crippen LogP contribution < -0.4 is 18.9 Å². The zero-order valence-corrected chi connectivity index (χ0v) is 30.7. The highest BCUT2D eigenvalue weighted by Crippen LogP contribution is 2.50. The van der Waals surface area contributed by atoms with E-state index in [2.05, 4.69) is 16.0 Å². The van der Waals surface area contributed by atoms with Crippen LogP contribution in [0.2, 0.25) is 0 Å². The van der Waals surface area contributed by atoms with E-state index in [1.807, 2.05) is 12.1 Å². The fourth-order valence-corrected chi connectivity index (χ4v) is 8.42. The number of carbonyl (C=O) groups excluding carboxylic acids is 3. The number of nitrogens with zero attached hydrogens (tertiary/aromatic N) is 1. The number of benzene rings is 3. The number of methoxy groups -OCH3 is 4. The van der Waals surface area contributed by atoms with E-state index in [9.17, 15) is 27.6 Å². The van der Waals surface area contributed by atoms with Gasteiger partial charge in [0.2, 0.25) is 5.75 Å². The Bertz CT molecular complexity index is 2060. The summed E-state index contributed by atoms with van der Waals surface area (Å²) in [5.74, 6) is -0.880. The van der Waals surface area contributed by atoms with Crippen LogP contribution in [0.3, 0.4) is 0 Å². The lowest BCUT2D eigenvalue weighted by atomic mass is 9.65. The number of rotatable bonds is 9. The minimum Gasteiger partial charge on any atom is -0.497 e. The quantitative estimate of drug-likeness (QED) is 0.105. The van der Waals surface area contributed by atoms with E-state index in [1.165, 1.54) is 62.2 Å². The van der Waals surface area contributed by atoms with Gasteiger partial charge in [0, 0.05) is 35.8 Å². The number of alkyl halides is 3. The molecule has 0 spiro atoms. The molecule has 15 heteroatoms. The SMILES string of the molecule is COC(=O)C1CC(OC(=O)c2cc(OC)c(OC(=O)OCc3ccc(C(F)(F)F)cc3)c(OC)c2)C[C@@H]2CN3CCc4c([nH]c5cc(OC)ccc45)C3C[C@H]12. The van der Waals surface area contributed by atoms with Crippen LogP contribution in [-0.4, -0.2) is 75.6 Å². The number of aromatic nitrogens is 1. The van der Waals surface area contributed by atoms with Gasteiger partial charge in [0.05, 0.1) is 51.5 Å². The van der Waals surface area contributed by atoms with E-state index < -0.39 is 35.9 Å². The Morgan fingerprint density at radius 3 is 2.27 bits per heavy atom. The van der Waals surface area contributed by atoms with Gasteiger partial charge in [-0.2, -0.15) is 13.2 Å². The minimum atomic E-state index is -4.50. The van der Waals surface area contributed by atoms with E-state index in [1.54, 1.807) is 7.11 Å². The van der Waals surface area contributed by atoms with Crippen molar-refractivity contribution in [3.8, 4) is 23.0 Å². The molecule has 1 aliphatic carbocycles. The van der Waals surface area contributed by atoms with Crippen LogP contribution in [0.1, 0.15) is 58.0 Å². The maximum atomic E-state index is 13.7. The van der Waals surface area contributed by atoms with Gasteiger partial charge in [0.1, 0.15) is 18.5 Å². The summed E-state index contributed by atoms with van der Waals surface area (Å²) in [4.78, 5) is 45.6. The topological polar surface area (TPSA) is 135 Å².